The van der Waals surface area contributed by atoms with Crippen LogP contribution in [-0.2, 0) is 14.8 Å². The van der Waals surface area contributed by atoms with Crippen molar-refractivity contribution in [1.82, 2.24) is 9.62 Å². The molecule has 0 radical (unpaired) electrons. The fourth-order valence-electron chi connectivity index (χ4n) is 3.09. The molecule has 1 fully saturated rings. The summed E-state index contributed by atoms with van der Waals surface area (Å²) in [6.07, 6.45) is 1.37. The number of aryl methyl sites for hydroxylation is 1. The lowest BCUT2D eigenvalue weighted by Crippen LogP contribution is -2.46. The van der Waals surface area contributed by atoms with Gasteiger partial charge >= 0.3 is 0 Å². The Labute approximate surface area is 162 Å². The van der Waals surface area contributed by atoms with E-state index in [4.69, 9.17) is 5.73 Å². The topological polar surface area (TPSA) is 95.7 Å². The minimum absolute atomic E-state index is 0. The molecule has 7 nitrogen and oxygen atoms in total. The number of carbonyl (C=O) groups excluding carboxylic acids is 1. The van der Waals surface area contributed by atoms with Gasteiger partial charge in [-0.05, 0) is 37.5 Å². The quantitative estimate of drug-likeness (QED) is 0.736. The minimum Gasteiger partial charge on any atom is -0.377 e. The second-order valence-electron chi connectivity index (χ2n) is 6.62. The minimum atomic E-state index is -3.62. The fraction of sp³-hybridized carbons (Fsp3) is 0.588. The van der Waals surface area contributed by atoms with Crippen LogP contribution in [0, 0.1) is 12.8 Å². The summed E-state index contributed by atoms with van der Waals surface area (Å²) in [5.41, 5.74) is 7.29. The van der Waals surface area contributed by atoms with Crippen molar-refractivity contribution in [1.29, 1.82) is 0 Å². The third kappa shape index (κ3) is 5.09. The molecule has 1 saturated heterocycles. The molecule has 1 aromatic rings. The van der Waals surface area contributed by atoms with Crippen molar-refractivity contribution < 1.29 is 13.2 Å². The smallest absolute Gasteiger partial charge is 0.243 e. The van der Waals surface area contributed by atoms with E-state index in [0.29, 0.717) is 32.5 Å². The van der Waals surface area contributed by atoms with Crippen molar-refractivity contribution >= 4 is 34.0 Å². The highest BCUT2D eigenvalue weighted by molar-refractivity contribution is 7.89. The summed E-state index contributed by atoms with van der Waals surface area (Å²) in [6, 6.07) is 5.15. The lowest BCUT2D eigenvalue weighted by molar-refractivity contribution is -0.126. The Kier molecular flexibility index (Phi) is 8.33. The van der Waals surface area contributed by atoms with Gasteiger partial charge in [-0.25, -0.2) is 8.42 Å². The number of nitrogens with zero attached hydrogens (tertiary/aromatic N) is 2. The molecule has 1 aromatic carbocycles. The van der Waals surface area contributed by atoms with Crippen LogP contribution in [0.4, 0.5) is 5.69 Å². The van der Waals surface area contributed by atoms with Crippen molar-refractivity contribution in [2.75, 3.05) is 45.2 Å². The number of sulfonamides is 1. The van der Waals surface area contributed by atoms with E-state index in [9.17, 15) is 13.2 Å². The lowest BCUT2D eigenvalue weighted by Gasteiger charge is -2.31. The zero-order valence-electron chi connectivity index (χ0n) is 15.6. The van der Waals surface area contributed by atoms with Crippen LogP contribution in [0.5, 0.6) is 0 Å². The Morgan fingerprint density at radius 2 is 2.08 bits per heavy atom. The van der Waals surface area contributed by atoms with Crippen molar-refractivity contribution in [2.45, 2.75) is 24.7 Å². The van der Waals surface area contributed by atoms with Crippen LogP contribution in [0.1, 0.15) is 18.4 Å². The first-order valence-corrected chi connectivity index (χ1v) is 9.97. The lowest BCUT2D eigenvalue weighted by atomic mass is 9.99. The Morgan fingerprint density at radius 3 is 2.69 bits per heavy atom. The number of nitrogens with two attached hydrogens (primary N) is 1. The SMILES string of the molecule is Cc1ccc(S(=O)(=O)N2CCCC(C(=O)NCCN)C2)cc1N(C)C.Cl. The van der Waals surface area contributed by atoms with E-state index in [1.807, 2.05) is 32.0 Å². The average Bonchev–Trinajstić information content (AvgIpc) is 2.59. The first-order valence-electron chi connectivity index (χ1n) is 8.53. The molecular formula is C17H29ClN4O3S. The zero-order valence-corrected chi connectivity index (χ0v) is 17.2. The number of rotatable bonds is 6. The Bertz CT molecular complexity index is 725. The molecule has 1 unspecified atom stereocenters. The first-order chi connectivity index (χ1) is 11.8. The summed E-state index contributed by atoms with van der Waals surface area (Å²) in [4.78, 5) is 14.3. The van der Waals surface area contributed by atoms with E-state index in [2.05, 4.69) is 5.32 Å². The molecule has 0 saturated carbocycles. The summed E-state index contributed by atoms with van der Waals surface area (Å²) < 4.78 is 27.4. The summed E-state index contributed by atoms with van der Waals surface area (Å²) in [6.45, 7) is 3.38. The third-order valence-corrected chi connectivity index (χ3v) is 6.36. The average molecular weight is 405 g/mol. The molecule has 1 aliphatic heterocycles. The summed E-state index contributed by atoms with van der Waals surface area (Å²) in [5, 5.41) is 2.75. The fourth-order valence-corrected chi connectivity index (χ4v) is 4.64. The molecule has 26 heavy (non-hydrogen) atoms. The number of anilines is 1. The number of amides is 1. The van der Waals surface area contributed by atoms with Crippen LogP contribution >= 0.6 is 12.4 Å². The van der Waals surface area contributed by atoms with Crippen LogP contribution < -0.4 is 16.0 Å². The van der Waals surface area contributed by atoms with Crippen molar-refractivity contribution in [3.8, 4) is 0 Å². The number of halogens is 1. The molecule has 148 valence electrons. The number of carbonyl (C=O) groups is 1. The van der Waals surface area contributed by atoms with Crippen LogP contribution in [0.15, 0.2) is 23.1 Å². The zero-order chi connectivity index (χ0) is 18.6. The van der Waals surface area contributed by atoms with Gasteiger partial charge in [0.2, 0.25) is 15.9 Å². The van der Waals surface area contributed by atoms with Gasteiger partial charge in [-0.1, -0.05) is 6.07 Å². The normalized spacial score (nSPS) is 18.1. The standard InChI is InChI=1S/C17H28N4O3S.ClH/c1-13-6-7-15(11-16(13)20(2)3)25(23,24)21-10-4-5-14(12-21)17(22)19-9-8-18;/h6-7,11,14H,4-5,8-10,12,18H2,1-3H3,(H,19,22);1H. The van der Waals surface area contributed by atoms with Crippen molar-refractivity contribution in [3.05, 3.63) is 23.8 Å². The second-order valence-corrected chi connectivity index (χ2v) is 8.56. The molecule has 1 amide bonds. The molecule has 0 spiro atoms. The van der Waals surface area contributed by atoms with E-state index in [1.54, 1.807) is 12.1 Å². The van der Waals surface area contributed by atoms with Gasteiger partial charge in [-0.15, -0.1) is 12.4 Å². The van der Waals surface area contributed by atoms with Gasteiger partial charge in [0.05, 0.1) is 10.8 Å². The van der Waals surface area contributed by atoms with Crippen LogP contribution in [-0.4, -0.2) is 58.9 Å². The molecular weight excluding hydrogens is 376 g/mol. The molecule has 1 aliphatic rings. The Morgan fingerprint density at radius 1 is 1.38 bits per heavy atom. The van der Waals surface area contributed by atoms with E-state index in [-0.39, 0.29) is 35.7 Å². The van der Waals surface area contributed by atoms with Gasteiger partial charge in [0.1, 0.15) is 0 Å². The summed E-state index contributed by atoms with van der Waals surface area (Å²) in [7, 11) is 0.153. The van der Waals surface area contributed by atoms with Gasteiger partial charge in [-0.2, -0.15) is 4.31 Å². The van der Waals surface area contributed by atoms with E-state index >= 15 is 0 Å². The number of benzene rings is 1. The maximum Gasteiger partial charge on any atom is 0.243 e. The van der Waals surface area contributed by atoms with Gasteiger partial charge in [0.15, 0.2) is 0 Å². The molecule has 0 aliphatic carbocycles. The van der Waals surface area contributed by atoms with Gasteiger partial charge in [0.25, 0.3) is 0 Å². The van der Waals surface area contributed by atoms with Crippen LogP contribution in [0.25, 0.3) is 0 Å². The first kappa shape index (κ1) is 22.7. The maximum atomic E-state index is 13.0. The van der Waals surface area contributed by atoms with Crippen molar-refractivity contribution in [2.24, 2.45) is 11.7 Å². The molecule has 0 bridgehead atoms. The number of piperidine rings is 1. The molecule has 1 atom stereocenters. The summed E-state index contributed by atoms with van der Waals surface area (Å²) in [5.74, 6) is -0.447. The summed E-state index contributed by atoms with van der Waals surface area (Å²) >= 11 is 0. The highest BCUT2D eigenvalue weighted by Gasteiger charge is 2.33. The number of hydrogen-bond donors (Lipinski definition) is 2. The van der Waals surface area contributed by atoms with Crippen molar-refractivity contribution in [3.63, 3.8) is 0 Å². The number of hydrogen-bond acceptors (Lipinski definition) is 5. The second kappa shape index (κ2) is 9.55. The van der Waals surface area contributed by atoms with Crippen LogP contribution in [0.2, 0.25) is 0 Å². The monoisotopic (exact) mass is 404 g/mol. The molecule has 2 rings (SSSR count). The van der Waals surface area contributed by atoms with E-state index in [0.717, 1.165) is 11.3 Å². The van der Waals surface area contributed by atoms with Crippen LogP contribution in [0.3, 0.4) is 0 Å². The van der Waals surface area contributed by atoms with Gasteiger partial charge in [-0.3, -0.25) is 4.79 Å². The molecule has 0 aromatic heterocycles. The predicted molar refractivity (Wildman–Crippen MR) is 106 cm³/mol. The highest BCUT2D eigenvalue weighted by atomic mass is 35.5. The third-order valence-electron chi connectivity index (χ3n) is 4.50. The molecule has 3 N–H and O–H groups in total. The van der Waals surface area contributed by atoms with E-state index < -0.39 is 10.0 Å². The number of nitrogens with one attached hydrogen (secondary N) is 1. The maximum absolute atomic E-state index is 13.0. The predicted octanol–water partition coefficient (Wildman–Crippen LogP) is 0.958. The Hall–Kier alpha value is -1.35. The highest BCUT2D eigenvalue weighted by Crippen LogP contribution is 2.27. The Balaban J connectivity index is 0.00000338. The largest absolute Gasteiger partial charge is 0.377 e. The van der Waals surface area contributed by atoms with Gasteiger partial charge in [0, 0.05) is 46.0 Å². The van der Waals surface area contributed by atoms with Gasteiger partial charge < -0.3 is 16.0 Å². The van der Waals surface area contributed by atoms with E-state index in [1.165, 1.54) is 4.31 Å². The molecule has 9 heteroatoms. The molecule has 1 heterocycles.